The van der Waals surface area contributed by atoms with Gasteiger partial charge >= 0.3 is 0 Å². The van der Waals surface area contributed by atoms with Crippen molar-refractivity contribution in [2.75, 3.05) is 0 Å². The number of thiophene rings is 1. The van der Waals surface area contributed by atoms with Crippen molar-refractivity contribution in [3.8, 4) is 32.8 Å². The van der Waals surface area contributed by atoms with E-state index in [1.807, 2.05) is 52.7 Å². The van der Waals surface area contributed by atoms with Crippen LogP contribution in [0.3, 0.4) is 0 Å². The highest BCUT2D eigenvalue weighted by molar-refractivity contribution is 7.13. The lowest BCUT2D eigenvalue weighted by Gasteiger charge is -2.18. The Hall–Kier alpha value is -2.98. The molecule has 0 aliphatic carbocycles. The minimum absolute atomic E-state index is 0.0869. The third-order valence-corrected chi connectivity index (χ3v) is 6.06. The highest BCUT2D eigenvalue weighted by Gasteiger charge is 2.22. The molecule has 0 radical (unpaired) electrons. The summed E-state index contributed by atoms with van der Waals surface area (Å²) in [6, 6.07) is 18.5. The number of pyridine rings is 2. The van der Waals surface area contributed by atoms with Gasteiger partial charge in [0.1, 0.15) is 0 Å². The molecule has 3 aromatic heterocycles. The number of hydrogen-bond acceptors (Lipinski definition) is 3. The predicted molar refractivity (Wildman–Crippen MR) is 111 cm³/mol. The lowest BCUT2D eigenvalue weighted by molar-refractivity contribution is 0.643. The Bertz CT molecular complexity index is 1160. The molecule has 0 bridgehead atoms. The zero-order chi connectivity index (χ0) is 18.2. The number of benzene rings is 1. The van der Waals surface area contributed by atoms with Crippen molar-refractivity contribution in [2.45, 2.75) is 19.4 Å². The van der Waals surface area contributed by atoms with Gasteiger partial charge in [0.15, 0.2) is 0 Å². The van der Waals surface area contributed by atoms with E-state index in [-0.39, 0.29) is 5.56 Å². The molecule has 0 unspecified atom stereocenters. The smallest absolute Gasteiger partial charge is 0.259 e. The van der Waals surface area contributed by atoms with E-state index >= 15 is 0 Å². The van der Waals surface area contributed by atoms with Crippen molar-refractivity contribution in [1.29, 1.82) is 0 Å². The molecule has 5 rings (SSSR count). The number of aryl methyl sites for hydroxylation is 1. The molecule has 0 atom stereocenters. The Balaban J connectivity index is 1.90. The van der Waals surface area contributed by atoms with Gasteiger partial charge in [-0.3, -0.25) is 9.78 Å². The molecule has 4 heterocycles. The monoisotopic (exact) mass is 370 g/mol. The first-order chi connectivity index (χ1) is 13.3. The minimum Gasteiger partial charge on any atom is -0.307 e. The van der Waals surface area contributed by atoms with Crippen LogP contribution in [0.2, 0.25) is 0 Å². The number of nitrogens with zero attached hydrogens (tertiary/aromatic N) is 2. The highest BCUT2D eigenvalue weighted by Crippen LogP contribution is 2.37. The summed E-state index contributed by atoms with van der Waals surface area (Å²) in [5, 5.41) is 2.02. The average molecular weight is 370 g/mol. The maximum Gasteiger partial charge on any atom is 0.259 e. The summed E-state index contributed by atoms with van der Waals surface area (Å²) in [5.41, 5.74) is 6.40. The quantitative estimate of drug-likeness (QED) is 0.483. The molecule has 1 aromatic carbocycles. The zero-order valence-electron chi connectivity index (χ0n) is 14.8. The van der Waals surface area contributed by atoms with Gasteiger partial charge in [0, 0.05) is 34.9 Å². The first kappa shape index (κ1) is 16.2. The Morgan fingerprint density at radius 3 is 2.67 bits per heavy atom. The van der Waals surface area contributed by atoms with Crippen LogP contribution in [-0.2, 0) is 13.0 Å². The Morgan fingerprint density at radius 2 is 1.85 bits per heavy atom. The summed E-state index contributed by atoms with van der Waals surface area (Å²) < 4.78 is 1.96. The van der Waals surface area contributed by atoms with E-state index in [0.717, 1.165) is 52.2 Å². The Kier molecular flexibility index (Phi) is 3.98. The second-order valence-corrected chi connectivity index (χ2v) is 7.70. The Labute approximate surface area is 161 Å². The molecule has 0 saturated heterocycles. The van der Waals surface area contributed by atoms with Gasteiger partial charge in [-0.2, -0.15) is 0 Å². The van der Waals surface area contributed by atoms with Crippen LogP contribution in [0.25, 0.3) is 32.8 Å². The molecule has 4 aromatic rings. The van der Waals surface area contributed by atoms with Crippen molar-refractivity contribution >= 4 is 11.3 Å². The Morgan fingerprint density at radius 1 is 0.963 bits per heavy atom. The summed E-state index contributed by atoms with van der Waals surface area (Å²) in [4.78, 5) is 18.8. The van der Waals surface area contributed by atoms with E-state index in [9.17, 15) is 4.79 Å². The molecular formula is C23H18N2OS. The SMILES string of the molecule is O=c1c(-c2cccs2)cc(-c2ccccc2)c2n1CCCc1ccncc1-2. The standard InChI is InChI=1S/C23H18N2OS/c26-23-19(21-9-5-13-27-21)14-18(16-6-2-1-3-7-16)22-20-15-24-11-10-17(20)8-4-12-25(22)23/h1-3,5-7,9-11,13-15H,4,8,12H2. The van der Waals surface area contributed by atoms with Crippen LogP contribution in [0.1, 0.15) is 12.0 Å². The third kappa shape index (κ3) is 2.73. The highest BCUT2D eigenvalue weighted by atomic mass is 32.1. The lowest BCUT2D eigenvalue weighted by Crippen LogP contribution is -2.23. The number of aromatic nitrogens is 2. The van der Waals surface area contributed by atoms with Crippen LogP contribution < -0.4 is 5.56 Å². The molecule has 0 spiro atoms. The molecule has 132 valence electrons. The maximum absolute atomic E-state index is 13.4. The van der Waals surface area contributed by atoms with Crippen molar-refractivity contribution in [1.82, 2.24) is 9.55 Å². The summed E-state index contributed by atoms with van der Waals surface area (Å²) in [5.74, 6) is 0. The van der Waals surface area contributed by atoms with Gasteiger partial charge in [-0.15, -0.1) is 11.3 Å². The average Bonchev–Trinajstić information content (AvgIpc) is 3.17. The molecule has 27 heavy (non-hydrogen) atoms. The van der Waals surface area contributed by atoms with E-state index in [0.29, 0.717) is 0 Å². The number of rotatable bonds is 2. The minimum atomic E-state index is 0.0869. The van der Waals surface area contributed by atoms with Crippen LogP contribution in [-0.4, -0.2) is 9.55 Å². The van der Waals surface area contributed by atoms with E-state index in [1.54, 1.807) is 11.3 Å². The van der Waals surface area contributed by atoms with E-state index in [1.165, 1.54) is 5.56 Å². The summed E-state index contributed by atoms with van der Waals surface area (Å²) in [6.45, 7) is 0.724. The normalized spacial score (nSPS) is 12.9. The van der Waals surface area contributed by atoms with Gasteiger partial charge in [-0.05, 0) is 47.5 Å². The van der Waals surface area contributed by atoms with Gasteiger partial charge < -0.3 is 4.57 Å². The van der Waals surface area contributed by atoms with Gasteiger partial charge in [0.2, 0.25) is 0 Å². The second-order valence-electron chi connectivity index (χ2n) is 6.76. The van der Waals surface area contributed by atoms with E-state index in [2.05, 4.69) is 29.2 Å². The van der Waals surface area contributed by atoms with Crippen LogP contribution in [0.15, 0.2) is 77.2 Å². The second kappa shape index (κ2) is 6.63. The molecule has 1 aliphatic heterocycles. The molecule has 4 heteroatoms. The molecule has 0 fully saturated rings. The van der Waals surface area contributed by atoms with Crippen LogP contribution in [0, 0.1) is 0 Å². The van der Waals surface area contributed by atoms with Crippen molar-refractivity contribution in [3.63, 3.8) is 0 Å². The summed E-state index contributed by atoms with van der Waals surface area (Å²) in [6.07, 6.45) is 5.66. The fraction of sp³-hybridized carbons (Fsp3) is 0.130. The van der Waals surface area contributed by atoms with Gasteiger partial charge in [0.25, 0.3) is 5.56 Å². The fourth-order valence-electron chi connectivity index (χ4n) is 3.90. The van der Waals surface area contributed by atoms with Gasteiger partial charge in [-0.25, -0.2) is 0 Å². The predicted octanol–water partition coefficient (Wildman–Crippen LogP) is 5.25. The van der Waals surface area contributed by atoms with Crippen molar-refractivity contribution in [2.24, 2.45) is 0 Å². The molecule has 3 nitrogen and oxygen atoms in total. The zero-order valence-corrected chi connectivity index (χ0v) is 15.6. The van der Waals surface area contributed by atoms with Gasteiger partial charge in [-0.1, -0.05) is 36.4 Å². The lowest BCUT2D eigenvalue weighted by atomic mass is 9.95. The molecule has 1 aliphatic rings. The van der Waals surface area contributed by atoms with E-state index in [4.69, 9.17) is 0 Å². The molecule has 0 N–H and O–H groups in total. The topological polar surface area (TPSA) is 34.9 Å². The first-order valence-electron chi connectivity index (χ1n) is 9.13. The van der Waals surface area contributed by atoms with Crippen LogP contribution in [0.5, 0.6) is 0 Å². The van der Waals surface area contributed by atoms with Gasteiger partial charge in [0.05, 0.1) is 11.3 Å². The van der Waals surface area contributed by atoms with Crippen molar-refractivity contribution < 1.29 is 0 Å². The molecular weight excluding hydrogens is 352 g/mol. The molecule has 0 amide bonds. The first-order valence-corrected chi connectivity index (χ1v) is 10.0. The third-order valence-electron chi connectivity index (χ3n) is 5.16. The fourth-order valence-corrected chi connectivity index (χ4v) is 4.63. The summed E-state index contributed by atoms with van der Waals surface area (Å²) in [7, 11) is 0. The molecule has 0 saturated carbocycles. The maximum atomic E-state index is 13.4. The summed E-state index contributed by atoms with van der Waals surface area (Å²) >= 11 is 1.61. The number of hydrogen-bond donors (Lipinski definition) is 0. The van der Waals surface area contributed by atoms with Crippen LogP contribution in [0.4, 0.5) is 0 Å². The largest absolute Gasteiger partial charge is 0.307 e. The number of fused-ring (bicyclic) bond motifs is 3. The van der Waals surface area contributed by atoms with Crippen LogP contribution >= 0.6 is 11.3 Å². The van der Waals surface area contributed by atoms with Crippen molar-refractivity contribution in [3.05, 3.63) is 88.3 Å². The van der Waals surface area contributed by atoms with E-state index < -0.39 is 0 Å².